The van der Waals surface area contributed by atoms with Crippen molar-refractivity contribution in [2.45, 2.75) is 0 Å². The van der Waals surface area contributed by atoms with Gasteiger partial charge in [-0.15, -0.1) is 5.10 Å². The van der Waals surface area contributed by atoms with E-state index in [0.29, 0.717) is 0 Å². The Kier molecular flexibility index (Phi) is 3.54. The normalized spacial score (nSPS) is 10.2. The molecular formula is C12H13FN6O2. The maximum absolute atomic E-state index is 14.1. The molecule has 2 aromatic rings. The molecule has 0 saturated heterocycles. The maximum Gasteiger partial charge on any atom is 0.371 e. The molecule has 2 N–H and O–H groups in total. The number of halogens is 1. The SMILES string of the molecule is COc1cc(-n2nc(N(C)C)n(N)c2=O)c(F)cc1C#N. The summed E-state index contributed by atoms with van der Waals surface area (Å²) in [5.74, 6) is 5.10. The Balaban J connectivity index is 2.71. The van der Waals surface area contributed by atoms with E-state index in [1.165, 1.54) is 18.1 Å². The van der Waals surface area contributed by atoms with E-state index >= 15 is 0 Å². The van der Waals surface area contributed by atoms with Crippen LogP contribution in [0.5, 0.6) is 5.75 Å². The summed E-state index contributed by atoms with van der Waals surface area (Å²) in [5, 5.41) is 12.9. The smallest absolute Gasteiger partial charge is 0.371 e. The van der Waals surface area contributed by atoms with Crippen molar-refractivity contribution < 1.29 is 9.13 Å². The van der Waals surface area contributed by atoms with Crippen LogP contribution >= 0.6 is 0 Å². The Morgan fingerprint density at radius 1 is 1.48 bits per heavy atom. The number of rotatable bonds is 3. The fraction of sp³-hybridized carbons (Fsp3) is 0.250. The monoisotopic (exact) mass is 292 g/mol. The lowest BCUT2D eigenvalue weighted by Gasteiger charge is -2.08. The number of hydrogen-bond donors (Lipinski definition) is 1. The Bertz CT molecular complexity index is 786. The quantitative estimate of drug-likeness (QED) is 0.788. The van der Waals surface area contributed by atoms with E-state index in [1.807, 2.05) is 0 Å². The first-order chi connectivity index (χ1) is 9.90. The van der Waals surface area contributed by atoms with Gasteiger partial charge in [-0.2, -0.15) is 14.6 Å². The molecule has 0 radical (unpaired) electrons. The highest BCUT2D eigenvalue weighted by Gasteiger charge is 2.19. The van der Waals surface area contributed by atoms with Crippen LogP contribution in [0.1, 0.15) is 5.56 Å². The minimum atomic E-state index is -0.780. The van der Waals surface area contributed by atoms with Gasteiger partial charge in [0.25, 0.3) is 0 Å². The van der Waals surface area contributed by atoms with Crippen LogP contribution in [0.25, 0.3) is 5.69 Å². The van der Waals surface area contributed by atoms with Crippen molar-refractivity contribution >= 4 is 5.95 Å². The number of nitrogen functional groups attached to an aromatic ring is 1. The molecule has 1 heterocycles. The van der Waals surface area contributed by atoms with Gasteiger partial charge in [0.2, 0.25) is 5.95 Å². The number of nitrogens with two attached hydrogens (primary N) is 1. The summed E-state index contributed by atoms with van der Waals surface area (Å²) in [6.45, 7) is 0. The number of nitriles is 1. The van der Waals surface area contributed by atoms with Gasteiger partial charge < -0.3 is 15.5 Å². The largest absolute Gasteiger partial charge is 0.495 e. The lowest BCUT2D eigenvalue weighted by molar-refractivity contribution is 0.411. The predicted molar refractivity (Wildman–Crippen MR) is 73.5 cm³/mol. The molecule has 8 nitrogen and oxygen atoms in total. The van der Waals surface area contributed by atoms with Crippen molar-refractivity contribution in [2.24, 2.45) is 0 Å². The zero-order valence-electron chi connectivity index (χ0n) is 11.7. The molecule has 9 heteroatoms. The second-order valence-electron chi connectivity index (χ2n) is 4.37. The van der Waals surface area contributed by atoms with E-state index in [2.05, 4.69) is 5.10 Å². The summed E-state index contributed by atoms with van der Waals surface area (Å²) in [6, 6.07) is 4.01. The third kappa shape index (κ3) is 2.27. The van der Waals surface area contributed by atoms with Crippen LogP contribution < -0.4 is 21.2 Å². The lowest BCUT2D eigenvalue weighted by atomic mass is 10.2. The maximum atomic E-state index is 14.1. The summed E-state index contributed by atoms with van der Waals surface area (Å²) in [4.78, 5) is 13.6. The van der Waals surface area contributed by atoms with Gasteiger partial charge in [-0.25, -0.2) is 9.18 Å². The van der Waals surface area contributed by atoms with E-state index in [-0.39, 0.29) is 22.9 Å². The first kappa shape index (κ1) is 14.4. The van der Waals surface area contributed by atoms with Crippen molar-refractivity contribution in [1.29, 1.82) is 5.26 Å². The van der Waals surface area contributed by atoms with Crippen LogP contribution in [0.15, 0.2) is 16.9 Å². The van der Waals surface area contributed by atoms with Gasteiger partial charge in [0.15, 0.2) is 5.82 Å². The summed E-state index contributed by atoms with van der Waals surface area (Å²) in [6.07, 6.45) is 0. The Morgan fingerprint density at radius 2 is 2.14 bits per heavy atom. The topological polar surface area (TPSA) is 102 Å². The number of methoxy groups -OCH3 is 1. The van der Waals surface area contributed by atoms with Crippen LogP contribution in [-0.2, 0) is 0 Å². The summed E-state index contributed by atoms with van der Waals surface area (Å²) >= 11 is 0. The van der Waals surface area contributed by atoms with E-state index in [1.54, 1.807) is 20.2 Å². The zero-order valence-corrected chi connectivity index (χ0v) is 11.7. The average molecular weight is 292 g/mol. The molecular weight excluding hydrogens is 279 g/mol. The predicted octanol–water partition coefficient (Wildman–Crippen LogP) is -0.167. The number of benzene rings is 1. The molecule has 0 atom stereocenters. The van der Waals surface area contributed by atoms with Crippen LogP contribution in [0.4, 0.5) is 10.3 Å². The highest BCUT2D eigenvalue weighted by atomic mass is 19.1. The lowest BCUT2D eigenvalue weighted by Crippen LogP contribution is -2.31. The molecule has 0 fully saturated rings. The van der Waals surface area contributed by atoms with Crippen LogP contribution in [0, 0.1) is 17.1 Å². The summed E-state index contributed by atoms with van der Waals surface area (Å²) in [5.41, 5.74) is -0.848. The molecule has 0 aliphatic rings. The molecule has 1 aromatic carbocycles. The van der Waals surface area contributed by atoms with Gasteiger partial charge in [-0.05, 0) is 6.07 Å². The van der Waals surface area contributed by atoms with Crippen molar-refractivity contribution in [2.75, 3.05) is 31.9 Å². The number of anilines is 1. The standard InChI is InChI=1S/C12H13FN6O2/c1-17(2)11-16-19(12(20)18(11)15)9-5-10(21-3)7(6-14)4-8(9)13/h4-5H,15H2,1-3H3. The number of ether oxygens (including phenoxy) is 1. The van der Waals surface area contributed by atoms with E-state index < -0.39 is 11.5 Å². The van der Waals surface area contributed by atoms with Gasteiger partial charge in [0.1, 0.15) is 17.5 Å². The van der Waals surface area contributed by atoms with Crippen molar-refractivity contribution in [3.8, 4) is 17.5 Å². The van der Waals surface area contributed by atoms with Crippen LogP contribution in [-0.4, -0.2) is 35.7 Å². The van der Waals surface area contributed by atoms with Crippen LogP contribution in [0.3, 0.4) is 0 Å². The molecule has 0 aliphatic carbocycles. The highest BCUT2D eigenvalue weighted by Crippen LogP contribution is 2.24. The number of aromatic nitrogens is 3. The van der Waals surface area contributed by atoms with Gasteiger partial charge in [-0.1, -0.05) is 0 Å². The fourth-order valence-electron chi connectivity index (χ4n) is 1.79. The van der Waals surface area contributed by atoms with Crippen LogP contribution in [0.2, 0.25) is 0 Å². The molecule has 0 spiro atoms. The fourth-order valence-corrected chi connectivity index (χ4v) is 1.79. The van der Waals surface area contributed by atoms with E-state index in [4.69, 9.17) is 15.8 Å². The van der Waals surface area contributed by atoms with E-state index in [0.717, 1.165) is 15.4 Å². The molecule has 2 rings (SSSR count). The van der Waals surface area contributed by atoms with E-state index in [9.17, 15) is 9.18 Å². The molecule has 110 valence electrons. The van der Waals surface area contributed by atoms with Crippen molar-refractivity contribution in [1.82, 2.24) is 14.5 Å². The van der Waals surface area contributed by atoms with Gasteiger partial charge in [0, 0.05) is 20.2 Å². The number of nitrogens with zero attached hydrogens (tertiary/aromatic N) is 5. The highest BCUT2D eigenvalue weighted by molar-refractivity contribution is 5.51. The second kappa shape index (κ2) is 5.16. The first-order valence-electron chi connectivity index (χ1n) is 5.83. The third-order valence-electron chi connectivity index (χ3n) is 2.81. The molecule has 0 saturated carbocycles. The second-order valence-corrected chi connectivity index (χ2v) is 4.37. The van der Waals surface area contributed by atoms with Gasteiger partial charge in [0.05, 0.1) is 12.7 Å². The Labute approximate surface area is 119 Å². The van der Waals surface area contributed by atoms with Crippen molar-refractivity contribution in [3.05, 3.63) is 34.0 Å². The van der Waals surface area contributed by atoms with Gasteiger partial charge in [-0.3, -0.25) is 0 Å². The average Bonchev–Trinajstić information content (AvgIpc) is 2.75. The summed E-state index contributed by atoms with van der Waals surface area (Å²) < 4.78 is 20.7. The molecule has 0 aliphatic heterocycles. The Morgan fingerprint density at radius 3 is 2.62 bits per heavy atom. The van der Waals surface area contributed by atoms with Crippen molar-refractivity contribution in [3.63, 3.8) is 0 Å². The molecule has 1 aromatic heterocycles. The molecule has 0 unspecified atom stereocenters. The number of hydrogen-bond acceptors (Lipinski definition) is 6. The summed E-state index contributed by atoms with van der Waals surface area (Å²) in [7, 11) is 4.63. The molecule has 0 bridgehead atoms. The molecule has 21 heavy (non-hydrogen) atoms. The molecule has 0 amide bonds. The van der Waals surface area contributed by atoms with Gasteiger partial charge >= 0.3 is 5.69 Å². The first-order valence-corrected chi connectivity index (χ1v) is 5.83. The minimum Gasteiger partial charge on any atom is -0.495 e. The third-order valence-corrected chi connectivity index (χ3v) is 2.81. The Hall–Kier alpha value is -3.02. The zero-order chi connectivity index (χ0) is 15.7. The minimum absolute atomic E-state index is 0.0202.